The van der Waals surface area contributed by atoms with Crippen molar-refractivity contribution in [1.29, 1.82) is 0 Å². The molecule has 1 atom stereocenters. The van der Waals surface area contributed by atoms with Crippen LogP contribution in [-0.4, -0.2) is 37.4 Å². The number of nitrogens with one attached hydrogen (secondary N) is 1. The van der Waals surface area contributed by atoms with Crippen LogP contribution in [0, 0.1) is 0 Å². The third-order valence-corrected chi connectivity index (χ3v) is 5.85. The zero-order valence-electron chi connectivity index (χ0n) is 13.2. The summed E-state index contributed by atoms with van der Waals surface area (Å²) in [5.74, 6) is 0. The minimum atomic E-state index is -3.52. The summed E-state index contributed by atoms with van der Waals surface area (Å²) >= 11 is 5.91. The van der Waals surface area contributed by atoms with Crippen molar-refractivity contribution < 1.29 is 8.42 Å². The van der Waals surface area contributed by atoms with Crippen molar-refractivity contribution in [3.63, 3.8) is 0 Å². The highest BCUT2D eigenvalue weighted by atomic mass is 35.5. The van der Waals surface area contributed by atoms with Gasteiger partial charge in [-0.1, -0.05) is 23.7 Å². The molecule has 24 heavy (non-hydrogen) atoms. The van der Waals surface area contributed by atoms with Crippen LogP contribution in [0.5, 0.6) is 0 Å². The van der Waals surface area contributed by atoms with E-state index < -0.39 is 10.0 Å². The van der Waals surface area contributed by atoms with Gasteiger partial charge in [-0.2, -0.15) is 0 Å². The molecule has 0 radical (unpaired) electrons. The van der Waals surface area contributed by atoms with E-state index in [1.165, 1.54) is 11.8 Å². The number of piperidine rings is 1. The molecule has 0 aliphatic carbocycles. The summed E-state index contributed by atoms with van der Waals surface area (Å²) in [7, 11) is -3.52. The van der Waals surface area contributed by atoms with Crippen LogP contribution < -0.4 is 4.72 Å². The van der Waals surface area contributed by atoms with E-state index in [0.29, 0.717) is 6.54 Å². The Hall–Kier alpha value is -1.47. The van der Waals surface area contributed by atoms with E-state index in [4.69, 9.17) is 11.6 Å². The van der Waals surface area contributed by atoms with Gasteiger partial charge in [-0.3, -0.25) is 9.88 Å². The molecule has 1 aliphatic rings. The molecule has 1 fully saturated rings. The standard InChI is InChI=1S/C17H20ClN3O2S/c18-15-7-5-14(6-8-15)12-21-10-2-3-16(13-21)20-24(22,23)17-4-1-9-19-11-17/h1,4-9,11,16,20H,2-3,10,12-13H2. The first kappa shape index (κ1) is 17.4. The average Bonchev–Trinajstić information content (AvgIpc) is 2.58. The molecule has 7 heteroatoms. The summed E-state index contributed by atoms with van der Waals surface area (Å²) in [4.78, 5) is 6.36. The van der Waals surface area contributed by atoms with Gasteiger partial charge >= 0.3 is 0 Å². The molecule has 0 saturated carbocycles. The molecule has 1 aromatic carbocycles. The Morgan fingerprint density at radius 3 is 2.75 bits per heavy atom. The van der Waals surface area contributed by atoms with Crippen molar-refractivity contribution in [1.82, 2.24) is 14.6 Å². The minimum absolute atomic E-state index is 0.0868. The molecule has 5 nitrogen and oxygen atoms in total. The summed E-state index contributed by atoms with van der Waals surface area (Å²) < 4.78 is 27.6. The van der Waals surface area contributed by atoms with Gasteiger partial charge in [0.25, 0.3) is 0 Å². The first-order valence-electron chi connectivity index (χ1n) is 7.92. The highest BCUT2D eigenvalue weighted by Crippen LogP contribution is 2.17. The van der Waals surface area contributed by atoms with Gasteiger partial charge in [0.15, 0.2) is 0 Å². The van der Waals surface area contributed by atoms with Gasteiger partial charge in [-0.25, -0.2) is 13.1 Å². The van der Waals surface area contributed by atoms with Crippen molar-refractivity contribution in [2.75, 3.05) is 13.1 Å². The number of benzene rings is 1. The number of halogens is 1. The van der Waals surface area contributed by atoms with Crippen molar-refractivity contribution in [2.24, 2.45) is 0 Å². The predicted octanol–water partition coefficient (Wildman–Crippen LogP) is 2.68. The Morgan fingerprint density at radius 2 is 2.04 bits per heavy atom. The lowest BCUT2D eigenvalue weighted by molar-refractivity contribution is 0.194. The van der Waals surface area contributed by atoms with Gasteiger partial charge in [0.2, 0.25) is 10.0 Å². The molecule has 1 aliphatic heterocycles. The van der Waals surface area contributed by atoms with Crippen LogP contribution in [0.25, 0.3) is 0 Å². The maximum atomic E-state index is 12.4. The molecule has 0 spiro atoms. The third kappa shape index (κ3) is 4.54. The Kier molecular flexibility index (Phi) is 5.50. The molecule has 1 N–H and O–H groups in total. The summed E-state index contributed by atoms with van der Waals surface area (Å²) in [5, 5.41) is 0.722. The molecule has 1 saturated heterocycles. The van der Waals surface area contributed by atoms with E-state index in [0.717, 1.165) is 31.0 Å². The van der Waals surface area contributed by atoms with Crippen LogP contribution in [0.4, 0.5) is 0 Å². The third-order valence-electron chi connectivity index (χ3n) is 4.09. The average molecular weight is 366 g/mol. The van der Waals surface area contributed by atoms with Crippen molar-refractivity contribution >= 4 is 21.6 Å². The molecular weight excluding hydrogens is 346 g/mol. The van der Waals surface area contributed by atoms with E-state index in [9.17, 15) is 8.42 Å². The Balaban J connectivity index is 1.62. The lowest BCUT2D eigenvalue weighted by atomic mass is 10.1. The molecule has 128 valence electrons. The summed E-state index contributed by atoms with van der Waals surface area (Å²) in [6.45, 7) is 2.46. The molecule has 3 rings (SSSR count). The molecule has 1 aromatic heterocycles. The van der Waals surface area contributed by atoms with Crippen molar-refractivity contribution in [3.05, 3.63) is 59.4 Å². The first-order valence-corrected chi connectivity index (χ1v) is 9.78. The number of hydrogen-bond donors (Lipinski definition) is 1. The van der Waals surface area contributed by atoms with Gasteiger partial charge in [0.1, 0.15) is 4.90 Å². The largest absolute Gasteiger partial charge is 0.298 e. The van der Waals surface area contributed by atoms with Crippen LogP contribution in [0.2, 0.25) is 5.02 Å². The highest BCUT2D eigenvalue weighted by molar-refractivity contribution is 7.89. The lowest BCUT2D eigenvalue weighted by Gasteiger charge is -2.33. The second-order valence-corrected chi connectivity index (χ2v) is 8.16. The van der Waals surface area contributed by atoms with Gasteiger partial charge in [-0.05, 0) is 49.2 Å². The smallest absolute Gasteiger partial charge is 0.242 e. The topological polar surface area (TPSA) is 62.3 Å². The molecule has 1 unspecified atom stereocenters. The Labute approximate surface area is 147 Å². The van der Waals surface area contributed by atoms with E-state index >= 15 is 0 Å². The normalized spacial score (nSPS) is 19.3. The quantitative estimate of drug-likeness (QED) is 0.884. The van der Waals surface area contributed by atoms with Gasteiger partial charge in [-0.15, -0.1) is 0 Å². The molecular formula is C17H20ClN3O2S. The second-order valence-electron chi connectivity index (χ2n) is 6.01. The number of nitrogens with zero attached hydrogens (tertiary/aromatic N) is 2. The predicted molar refractivity (Wildman–Crippen MR) is 94.3 cm³/mol. The number of rotatable bonds is 5. The summed E-state index contributed by atoms with van der Waals surface area (Å²) in [6.07, 6.45) is 4.74. The monoisotopic (exact) mass is 365 g/mol. The summed E-state index contributed by atoms with van der Waals surface area (Å²) in [6, 6.07) is 10.9. The minimum Gasteiger partial charge on any atom is -0.298 e. The van der Waals surface area contributed by atoms with Crippen LogP contribution in [0.15, 0.2) is 53.7 Å². The maximum Gasteiger partial charge on any atom is 0.242 e. The molecule has 2 heterocycles. The Bertz CT molecular complexity index is 766. The fourth-order valence-corrected chi connectivity index (χ4v) is 4.29. The zero-order valence-corrected chi connectivity index (χ0v) is 14.8. The van der Waals surface area contributed by atoms with Crippen molar-refractivity contribution in [2.45, 2.75) is 30.3 Å². The zero-order chi connectivity index (χ0) is 17.0. The molecule has 2 aromatic rings. The van der Waals surface area contributed by atoms with Gasteiger partial charge in [0.05, 0.1) is 0 Å². The van der Waals surface area contributed by atoms with E-state index in [1.807, 2.05) is 24.3 Å². The number of aromatic nitrogens is 1. The molecule has 0 bridgehead atoms. The lowest BCUT2D eigenvalue weighted by Crippen LogP contribution is -2.47. The highest BCUT2D eigenvalue weighted by Gasteiger charge is 2.25. The number of sulfonamides is 1. The van der Waals surface area contributed by atoms with Crippen LogP contribution >= 0.6 is 11.6 Å². The summed E-state index contributed by atoms with van der Waals surface area (Å²) in [5.41, 5.74) is 1.18. The van der Waals surface area contributed by atoms with E-state index in [2.05, 4.69) is 14.6 Å². The van der Waals surface area contributed by atoms with E-state index in [1.54, 1.807) is 18.3 Å². The number of hydrogen-bond acceptors (Lipinski definition) is 4. The number of likely N-dealkylation sites (tertiary alicyclic amines) is 1. The SMILES string of the molecule is O=S(=O)(NC1CCCN(Cc2ccc(Cl)cc2)C1)c1cccnc1. The maximum absolute atomic E-state index is 12.4. The van der Waals surface area contributed by atoms with E-state index in [-0.39, 0.29) is 10.9 Å². The van der Waals surface area contributed by atoms with Crippen LogP contribution in [0.1, 0.15) is 18.4 Å². The second kappa shape index (κ2) is 7.61. The van der Waals surface area contributed by atoms with Gasteiger partial charge < -0.3 is 0 Å². The van der Waals surface area contributed by atoms with Gasteiger partial charge in [0, 0.05) is 36.5 Å². The van der Waals surface area contributed by atoms with Crippen molar-refractivity contribution in [3.8, 4) is 0 Å². The Morgan fingerprint density at radius 1 is 1.25 bits per heavy atom. The first-order chi connectivity index (χ1) is 11.5. The van der Waals surface area contributed by atoms with Crippen LogP contribution in [0.3, 0.4) is 0 Å². The van der Waals surface area contributed by atoms with Crippen LogP contribution in [-0.2, 0) is 16.6 Å². The fourth-order valence-electron chi connectivity index (χ4n) is 2.94. The molecule has 0 amide bonds. The fraction of sp³-hybridized carbons (Fsp3) is 0.353. The number of pyridine rings is 1.